The van der Waals surface area contributed by atoms with Crippen molar-refractivity contribution in [1.29, 1.82) is 0 Å². The van der Waals surface area contributed by atoms with E-state index < -0.39 is 5.97 Å². The molecule has 0 spiro atoms. The van der Waals surface area contributed by atoms with E-state index in [1.54, 1.807) is 0 Å². The van der Waals surface area contributed by atoms with Gasteiger partial charge in [0.25, 0.3) is 0 Å². The summed E-state index contributed by atoms with van der Waals surface area (Å²) >= 11 is 0. The zero-order valence-electron chi connectivity index (χ0n) is 9.27. The molecule has 0 aliphatic heterocycles. The number of hydrogen-bond acceptors (Lipinski definition) is 3. The molecule has 0 aromatic carbocycles. The van der Waals surface area contributed by atoms with E-state index in [9.17, 15) is 14.7 Å². The molecule has 0 aliphatic carbocycles. The average molecular weight is 212 g/mol. The van der Waals surface area contributed by atoms with Crippen molar-refractivity contribution in [3.8, 4) is 0 Å². The van der Waals surface area contributed by atoms with Gasteiger partial charge in [0, 0.05) is 12.4 Å². The zero-order valence-corrected chi connectivity index (χ0v) is 9.27. The molecule has 0 unspecified atom stereocenters. The van der Waals surface area contributed by atoms with E-state index >= 15 is 0 Å². The molecule has 0 amide bonds. The minimum Gasteiger partial charge on any atom is -0.550 e. The minimum atomic E-state index is -1.17. The fourth-order valence-corrected chi connectivity index (χ4v) is 0.853. The summed E-state index contributed by atoms with van der Waals surface area (Å²) in [5.74, 6) is -1.28. The van der Waals surface area contributed by atoms with Gasteiger partial charge in [0.05, 0.1) is 14.1 Å². The monoisotopic (exact) mass is 212 g/mol. The number of hydrogen-bond donors (Lipinski definition) is 0. The molecule has 5 nitrogen and oxygen atoms in total. The van der Waals surface area contributed by atoms with Crippen LogP contribution in [-0.4, -0.2) is 16.3 Å². The first-order chi connectivity index (χ1) is 6.91. The summed E-state index contributed by atoms with van der Waals surface area (Å²) in [6.07, 6.45) is 5.93. The third-order valence-electron chi connectivity index (χ3n) is 1.58. The van der Waals surface area contributed by atoms with E-state index in [-0.39, 0.29) is 18.6 Å². The number of carboxylic acid groups (broad SMARTS) is 1. The predicted molar refractivity (Wildman–Crippen MR) is 51.5 cm³/mol. The number of aromatic nitrogens is 2. The van der Waals surface area contributed by atoms with Crippen molar-refractivity contribution < 1.29 is 19.3 Å². The molecule has 0 aliphatic rings. The van der Waals surface area contributed by atoms with Crippen LogP contribution in [0, 0.1) is 0 Å². The van der Waals surface area contributed by atoms with Crippen molar-refractivity contribution in [1.82, 2.24) is 4.57 Å². The normalized spacial score (nSPS) is 9.00. The Morgan fingerprint density at radius 1 is 1.40 bits per heavy atom. The maximum Gasteiger partial charge on any atom is 0.243 e. The van der Waals surface area contributed by atoms with Crippen LogP contribution >= 0.6 is 0 Å². The van der Waals surface area contributed by atoms with Gasteiger partial charge in [-0.1, -0.05) is 0 Å². The van der Waals surface area contributed by atoms with Crippen molar-refractivity contribution in [2.75, 3.05) is 0 Å². The van der Waals surface area contributed by atoms with Crippen LogP contribution in [0.5, 0.6) is 0 Å². The summed E-state index contributed by atoms with van der Waals surface area (Å²) in [6.45, 7) is 1.35. The highest BCUT2D eigenvalue weighted by atomic mass is 16.4. The Balaban J connectivity index is 0.000000262. The van der Waals surface area contributed by atoms with Gasteiger partial charge in [-0.3, -0.25) is 0 Å². The highest BCUT2D eigenvalue weighted by molar-refractivity contribution is 5.79. The number of aryl methyl sites for hydroxylation is 2. The van der Waals surface area contributed by atoms with Crippen LogP contribution < -0.4 is 9.67 Å². The Bertz CT molecular complexity index is 301. The van der Waals surface area contributed by atoms with Crippen molar-refractivity contribution in [3.05, 3.63) is 18.7 Å². The average Bonchev–Trinajstić information content (AvgIpc) is 2.47. The Morgan fingerprint density at radius 2 is 2.00 bits per heavy atom. The number of carbonyl (C=O) groups is 2. The molecule has 0 radical (unpaired) electrons. The van der Waals surface area contributed by atoms with Crippen molar-refractivity contribution in [3.63, 3.8) is 0 Å². The van der Waals surface area contributed by atoms with Gasteiger partial charge >= 0.3 is 0 Å². The Labute approximate surface area is 89.0 Å². The first kappa shape index (κ1) is 13.4. The molecular formula is C10H16N2O3. The number of rotatable bonds is 3. The largest absolute Gasteiger partial charge is 0.550 e. The number of aliphatic carboxylic acids is 1. The van der Waals surface area contributed by atoms with Crippen LogP contribution in [0.25, 0.3) is 0 Å². The van der Waals surface area contributed by atoms with Crippen LogP contribution in [0.15, 0.2) is 18.7 Å². The highest BCUT2D eigenvalue weighted by Gasteiger charge is 1.90. The quantitative estimate of drug-likeness (QED) is 0.601. The van der Waals surface area contributed by atoms with Crippen LogP contribution in [0.3, 0.4) is 0 Å². The smallest absolute Gasteiger partial charge is 0.243 e. The number of imidazole rings is 1. The lowest BCUT2D eigenvalue weighted by molar-refractivity contribution is -0.670. The van der Waals surface area contributed by atoms with E-state index in [1.165, 1.54) is 6.92 Å². The second-order valence-corrected chi connectivity index (χ2v) is 3.32. The summed E-state index contributed by atoms with van der Waals surface area (Å²) in [7, 11) is 4.00. The molecule has 0 saturated carbocycles. The summed E-state index contributed by atoms with van der Waals surface area (Å²) in [4.78, 5) is 19.7. The van der Waals surface area contributed by atoms with E-state index in [0.29, 0.717) is 0 Å². The number of carbonyl (C=O) groups excluding carboxylic acids is 2. The number of Topliss-reactive ketones (excluding diaryl/α,β-unsaturated/α-hetero) is 1. The van der Waals surface area contributed by atoms with Gasteiger partial charge in [-0.15, -0.1) is 0 Å². The molecule has 0 N–H and O–H groups in total. The molecule has 1 aromatic heterocycles. The van der Waals surface area contributed by atoms with Gasteiger partial charge in [-0.2, -0.15) is 0 Å². The fraction of sp³-hybridized carbons (Fsp3) is 0.500. The molecule has 5 heteroatoms. The zero-order chi connectivity index (χ0) is 11.8. The van der Waals surface area contributed by atoms with Crippen LogP contribution in [0.4, 0.5) is 0 Å². The van der Waals surface area contributed by atoms with Crippen LogP contribution in [0.2, 0.25) is 0 Å². The lowest BCUT2D eigenvalue weighted by atomic mass is 10.2. The molecule has 1 rings (SSSR count). The van der Waals surface area contributed by atoms with Crippen molar-refractivity contribution in [2.45, 2.75) is 19.8 Å². The second-order valence-electron chi connectivity index (χ2n) is 3.32. The van der Waals surface area contributed by atoms with E-state index in [2.05, 4.69) is 0 Å². The summed E-state index contributed by atoms with van der Waals surface area (Å²) in [6, 6.07) is 0. The number of ketones is 1. The summed E-state index contributed by atoms with van der Waals surface area (Å²) in [5.41, 5.74) is 0. The maximum absolute atomic E-state index is 10.1. The third kappa shape index (κ3) is 8.67. The molecule has 15 heavy (non-hydrogen) atoms. The van der Waals surface area contributed by atoms with E-state index in [0.717, 1.165) is 0 Å². The molecule has 0 atom stereocenters. The van der Waals surface area contributed by atoms with E-state index in [1.807, 2.05) is 42.0 Å². The summed E-state index contributed by atoms with van der Waals surface area (Å²) < 4.78 is 4.00. The summed E-state index contributed by atoms with van der Waals surface area (Å²) in [5, 5.41) is 9.64. The fourth-order valence-electron chi connectivity index (χ4n) is 0.853. The molecule has 0 fully saturated rings. The minimum absolute atomic E-state index is 0.0856. The van der Waals surface area contributed by atoms with Gasteiger partial charge in [-0.05, 0) is 13.3 Å². The maximum atomic E-state index is 10.1. The molecule has 84 valence electrons. The topological polar surface area (TPSA) is 66.0 Å². The second kappa shape index (κ2) is 6.75. The molecule has 0 bridgehead atoms. The highest BCUT2D eigenvalue weighted by Crippen LogP contribution is 1.86. The van der Waals surface area contributed by atoms with Gasteiger partial charge in [-0.25, -0.2) is 9.13 Å². The van der Waals surface area contributed by atoms with E-state index in [4.69, 9.17) is 0 Å². The van der Waals surface area contributed by atoms with Crippen LogP contribution in [-0.2, 0) is 23.7 Å². The number of carboxylic acids is 1. The Morgan fingerprint density at radius 3 is 2.13 bits per heavy atom. The molecule has 1 aromatic rings. The predicted octanol–water partition coefficient (Wildman–Crippen LogP) is -1.04. The van der Waals surface area contributed by atoms with Gasteiger partial charge in [0.2, 0.25) is 6.33 Å². The molecule has 1 heterocycles. The Kier molecular flexibility index (Phi) is 6.01. The molecule has 0 saturated heterocycles. The van der Waals surface area contributed by atoms with Gasteiger partial charge in [0.1, 0.15) is 18.2 Å². The number of nitrogens with zero attached hydrogens (tertiary/aromatic N) is 2. The van der Waals surface area contributed by atoms with Crippen LogP contribution in [0.1, 0.15) is 19.8 Å². The first-order valence-corrected chi connectivity index (χ1v) is 4.58. The standard InChI is InChI=1S/C5H9N2.C5H8O3/c1-6-3-4-7(2)5-6;1-4(6)2-3-5(7)8/h3-5H,1-2H3;2-3H2,1H3,(H,7,8)/q+1;/p-1. The van der Waals surface area contributed by atoms with Gasteiger partial charge in [0.15, 0.2) is 0 Å². The third-order valence-corrected chi connectivity index (χ3v) is 1.58. The van der Waals surface area contributed by atoms with Crippen molar-refractivity contribution in [2.24, 2.45) is 14.1 Å². The van der Waals surface area contributed by atoms with Gasteiger partial charge < -0.3 is 14.7 Å². The lowest BCUT2D eigenvalue weighted by Gasteiger charge is -1.95. The lowest BCUT2D eigenvalue weighted by Crippen LogP contribution is -2.23. The molecular weight excluding hydrogens is 196 g/mol. The van der Waals surface area contributed by atoms with Crippen molar-refractivity contribution >= 4 is 11.8 Å². The Hall–Kier alpha value is -1.65. The SMILES string of the molecule is CC(=O)CCC(=O)[O-].Cn1cc[n+](C)c1. The first-order valence-electron chi connectivity index (χ1n) is 4.58.